The molecule has 75 heavy (non-hydrogen) atoms. The molecule has 2 aliphatic rings. The lowest BCUT2D eigenvalue weighted by Crippen LogP contribution is -2.54. The van der Waals surface area contributed by atoms with Crippen LogP contribution >= 0.6 is 0 Å². The van der Waals surface area contributed by atoms with Crippen molar-refractivity contribution in [3.8, 4) is 23.7 Å². The standard InChI is InChI=1S/C55H55N11O9/c1-32-25-39-18-17-36-11-3-4-12-41(36)51(39)50(32)52-42-26-34(9-5-7-23-59-64-57)13-15-37(42)28-38-16-14-35(27-43(38)52)10-6-8-24-66-31-40(63-65-66)19-21-46(67)62-45(29-49(71)72)54(74)58-30-47(68)61-44(20-22-48(69)70)55(75)60-33(2)53(56)73/h3-4,11-18,26-27,31-33,44-45H,7-8,19-25,28-30H2,1-2H3,(H2,56,73)(H,58,74)(H,60,75)(H,61,68)(H,62,67)(H,69,70)(H,71,72)/b52-50+/t32-,33+,44+,45+/m1/s1. The summed E-state index contributed by atoms with van der Waals surface area (Å²) in [6.07, 6.45) is 2.49. The number of carboxylic acids is 2. The number of benzene rings is 4. The first-order chi connectivity index (χ1) is 36.1. The second kappa shape index (κ2) is 24.9. The Bertz CT molecular complexity index is 3300. The number of nitrogens with one attached hydrogen (secondary N) is 4. The van der Waals surface area contributed by atoms with Gasteiger partial charge in [0.2, 0.25) is 29.5 Å². The van der Waals surface area contributed by atoms with Crippen LogP contribution in [0.5, 0.6) is 0 Å². The Labute approximate surface area is 431 Å². The van der Waals surface area contributed by atoms with E-state index in [2.05, 4.69) is 139 Å². The maximum Gasteiger partial charge on any atom is 0.305 e. The predicted molar refractivity (Wildman–Crippen MR) is 277 cm³/mol. The maximum absolute atomic E-state index is 13.0. The van der Waals surface area contributed by atoms with Gasteiger partial charge in [0.15, 0.2) is 0 Å². The van der Waals surface area contributed by atoms with Gasteiger partial charge in [-0.2, -0.15) is 0 Å². The molecule has 4 aromatic carbocycles. The van der Waals surface area contributed by atoms with Crippen LogP contribution < -0.4 is 27.0 Å². The summed E-state index contributed by atoms with van der Waals surface area (Å²) in [5.41, 5.74) is 25.9. The van der Waals surface area contributed by atoms with Crippen molar-refractivity contribution >= 4 is 63.4 Å². The number of amides is 5. The van der Waals surface area contributed by atoms with E-state index in [9.17, 15) is 38.7 Å². The highest BCUT2D eigenvalue weighted by atomic mass is 16.4. The fourth-order valence-electron chi connectivity index (χ4n) is 9.14. The van der Waals surface area contributed by atoms with Crippen LogP contribution in [-0.2, 0) is 59.4 Å². The molecule has 0 fully saturated rings. The Morgan fingerprint density at radius 3 is 2.20 bits per heavy atom. The molecule has 0 unspecified atom stereocenters. The minimum Gasteiger partial charge on any atom is -0.481 e. The number of aliphatic carboxylic acids is 2. The highest BCUT2D eigenvalue weighted by molar-refractivity contribution is 6.09. The molecule has 384 valence electrons. The summed E-state index contributed by atoms with van der Waals surface area (Å²) in [5, 5.41) is 42.0. The van der Waals surface area contributed by atoms with Crippen molar-refractivity contribution in [2.24, 2.45) is 16.8 Å². The van der Waals surface area contributed by atoms with Crippen LogP contribution in [0.1, 0.15) is 103 Å². The van der Waals surface area contributed by atoms with Crippen LogP contribution in [-0.4, -0.2) is 97.9 Å². The predicted octanol–water partition coefficient (Wildman–Crippen LogP) is 4.33. The molecule has 4 atom stereocenters. The molecule has 0 radical (unpaired) electrons. The van der Waals surface area contributed by atoms with E-state index >= 15 is 0 Å². The first-order valence-electron chi connectivity index (χ1n) is 24.4. The number of hydrogen-bond donors (Lipinski definition) is 7. The Kier molecular flexibility index (Phi) is 17.8. The van der Waals surface area contributed by atoms with Crippen molar-refractivity contribution in [1.29, 1.82) is 0 Å². The first kappa shape index (κ1) is 53.5. The zero-order valence-corrected chi connectivity index (χ0v) is 41.3. The lowest BCUT2D eigenvalue weighted by molar-refractivity contribution is -0.141. The van der Waals surface area contributed by atoms with E-state index in [0.717, 1.165) is 35.1 Å². The SMILES string of the molecule is C[C@H](NC(=O)[C@H](CCC(=O)O)NC(=O)CNC(=O)[C@H](CC(=O)O)NC(=O)CCc1cn(CCC#Cc2ccc3c(c2)/C(=C2/c4c(ccc5ccccc45)C[C@H]2C)c2cc(C#CCCN=[N+]=[N-])ccc2C3)nn1)C(N)=O. The number of aromatic nitrogens is 3. The Balaban J connectivity index is 0.986. The summed E-state index contributed by atoms with van der Waals surface area (Å²) in [4.78, 5) is 88.2. The molecule has 7 rings (SSSR count). The van der Waals surface area contributed by atoms with Gasteiger partial charge in [-0.05, 0) is 117 Å². The van der Waals surface area contributed by atoms with E-state index < -0.39 is 79.0 Å². The number of nitrogens with two attached hydrogens (primary N) is 1. The highest BCUT2D eigenvalue weighted by Gasteiger charge is 2.33. The maximum atomic E-state index is 13.0. The third-order valence-corrected chi connectivity index (χ3v) is 12.8. The van der Waals surface area contributed by atoms with Gasteiger partial charge in [-0.3, -0.25) is 38.2 Å². The van der Waals surface area contributed by atoms with Crippen molar-refractivity contribution < 1.29 is 43.8 Å². The van der Waals surface area contributed by atoms with E-state index in [1.165, 1.54) is 51.1 Å². The fourth-order valence-corrected chi connectivity index (χ4v) is 9.14. The van der Waals surface area contributed by atoms with Gasteiger partial charge < -0.3 is 37.2 Å². The number of hydrogen-bond acceptors (Lipinski definition) is 10. The quantitative estimate of drug-likeness (QED) is 0.0186. The molecule has 5 aromatic rings. The number of rotatable bonds is 20. The molecule has 0 saturated heterocycles. The third kappa shape index (κ3) is 14.0. The molecule has 1 aromatic heterocycles. The Morgan fingerprint density at radius 1 is 0.840 bits per heavy atom. The van der Waals surface area contributed by atoms with E-state index in [1.807, 2.05) is 6.07 Å². The van der Waals surface area contributed by atoms with Gasteiger partial charge in [0.05, 0.1) is 25.2 Å². The summed E-state index contributed by atoms with van der Waals surface area (Å²) >= 11 is 0. The Morgan fingerprint density at radius 2 is 1.52 bits per heavy atom. The van der Waals surface area contributed by atoms with Gasteiger partial charge >= 0.3 is 11.9 Å². The number of aryl methyl sites for hydroxylation is 2. The number of fused-ring (bicyclic) bond motifs is 5. The minimum absolute atomic E-state index is 0.107. The van der Waals surface area contributed by atoms with E-state index in [-0.39, 0.29) is 25.2 Å². The smallest absolute Gasteiger partial charge is 0.305 e. The highest BCUT2D eigenvalue weighted by Crippen LogP contribution is 2.50. The molecule has 20 nitrogen and oxygen atoms in total. The molecule has 0 saturated carbocycles. The zero-order chi connectivity index (χ0) is 53.6. The summed E-state index contributed by atoms with van der Waals surface area (Å²) in [5.74, 6) is 6.31. The van der Waals surface area contributed by atoms with Crippen molar-refractivity contribution in [1.82, 2.24) is 36.3 Å². The molecule has 2 aliphatic carbocycles. The molecular formula is C55H55N11O9. The summed E-state index contributed by atoms with van der Waals surface area (Å²) in [6, 6.07) is 21.7. The molecule has 0 aliphatic heterocycles. The summed E-state index contributed by atoms with van der Waals surface area (Å²) in [7, 11) is 0. The number of carbonyl (C=O) groups is 7. The molecule has 5 amide bonds. The molecule has 20 heteroatoms. The van der Waals surface area contributed by atoms with Gasteiger partial charge in [0, 0.05) is 60.9 Å². The minimum atomic E-state index is -1.57. The topological polar surface area (TPSA) is 314 Å². The Hall–Kier alpha value is -9.26. The lowest BCUT2D eigenvalue weighted by atomic mass is 9.76. The van der Waals surface area contributed by atoms with E-state index in [4.69, 9.17) is 16.4 Å². The molecule has 8 N–H and O–H groups in total. The van der Waals surface area contributed by atoms with Gasteiger partial charge in [0.1, 0.15) is 18.1 Å². The van der Waals surface area contributed by atoms with Crippen LogP contribution in [0, 0.1) is 29.6 Å². The van der Waals surface area contributed by atoms with Crippen LogP contribution in [0.3, 0.4) is 0 Å². The van der Waals surface area contributed by atoms with Crippen molar-refractivity contribution in [3.05, 3.63) is 140 Å². The monoisotopic (exact) mass is 1010 g/mol. The first-order valence-corrected chi connectivity index (χ1v) is 24.4. The van der Waals surface area contributed by atoms with Crippen LogP contribution in [0.2, 0.25) is 0 Å². The zero-order valence-electron chi connectivity index (χ0n) is 41.3. The largest absolute Gasteiger partial charge is 0.481 e. The van der Waals surface area contributed by atoms with Crippen molar-refractivity contribution in [2.75, 3.05) is 13.1 Å². The van der Waals surface area contributed by atoms with Crippen LogP contribution in [0.15, 0.2) is 84.1 Å². The van der Waals surface area contributed by atoms with E-state index in [1.54, 1.807) is 10.9 Å². The third-order valence-electron chi connectivity index (χ3n) is 12.8. The number of allylic oxidation sites excluding steroid dienone is 1. The van der Waals surface area contributed by atoms with Crippen molar-refractivity contribution in [3.63, 3.8) is 0 Å². The molecule has 0 bridgehead atoms. The number of primary amides is 1. The average Bonchev–Trinajstić information content (AvgIpc) is 3.99. The van der Waals surface area contributed by atoms with Gasteiger partial charge in [0.25, 0.3) is 0 Å². The van der Waals surface area contributed by atoms with Gasteiger partial charge in [-0.1, -0.05) is 89.5 Å². The van der Waals surface area contributed by atoms with Gasteiger partial charge in [-0.15, -0.1) is 5.10 Å². The fraction of sp³-hybridized carbons (Fsp3) is 0.327. The number of carbonyl (C=O) groups excluding carboxylic acids is 5. The summed E-state index contributed by atoms with van der Waals surface area (Å²) in [6.45, 7) is 3.54. The normalized spacial score (nSPS) is 15.1. The number of nitrogens with zero attached hydrogens (tertiary/aromatic N) is 6. The van der Waals surface area contributed by atoms with E-state index in [0.29, 0.717) is 31.6 Å². The molecule has 0 spiro atoms. The molecular weight excluding hydrogens is 959 g/mol. The molecule has 1 heterocycles. The summed E-state index contributed by atoms with van der Waals surface area (Å²) < 4.78 is 1.61. The lowest BCUT2D eigenvalue weighted by Gasteiger charge is -2.27. The average molecular weight is 1010 g/mol. The second-order valence-electron chi connectivity index (χ2n) is 18.3. The van der Waals surface area contributed by atoms with Crippen molar-refractivity contribution in [2.45, 2.75) is 96.3 Å². The van der Waals surface area contributed by atoms with Crippen LogP contribution in [0.4, 0.5) is 0 Å². The number of azide groups is 1. The second-order valence-corrected chi connectivity index (χ2v) is 18.3. The van der Waals surface area contributed by atoms with Crippen LogP contribution in [0.25, 0.3) is 32.4 Å². The number of carboxylic acid groups (broad SMARTS) is 2. The van der Waals surface area contributed by atoms with Gasteiger partial charge in [-0.25, -0.2) is 0 Å².